The van der Waals surface area contributed by atoms with E-state index in [0.29, 0.717) is 42.2 Å². The number of fused-ring (bicyclic) bond motifs is 1. The number of nitrogens with zero attached hydrogens (tertiary/aromatic N) is 5. The molecule has 1 aliphatic rings. The smallest absolute Gasteiger partial charge is 0.237 e. The molecule has 0 saturated heterocycles. The molecule has 0 saturated carbocycles. The first-order valence-corrected chi connectivity index (χ1v) is 11.6. The molecule has 4 aromatic rings. The Hall–Kier alpha value is -3.73. The van der Waals surface area contributed by atoms with Crippen LogP contribution in [0.2, 0.25) is 0 Å². The summed E-state index contributed by atoms with van der Waals surface area (Å²) in [5, 5.41) is 13.5. The summed E-state index contributed by atoms with van der Waals surface area (Å²) in [7, 11) is 5.10. The van der Waals surface area contributed by atoms with Crippen molar-refractivity contribution in [2.45, 2.75) is 17.3 Å². The van der Waals surface area contributed by atoms with Gasteiger partial charge in [-0.05, 0) is 36.4 Å². The molecule has 10 nitrogen and oxygen atoms in total. The van der Waals surface area contributed by atoms with Crippen molar-refractivity contribution in [2.75, 3.05) is 27.4 Å². The third-order valence-corrected chi connectivity index (χ3v) is 6.28. The molecule has 34 heavy (non-hydrogen) atoms. The third-order valence-electron chi connectivity index (χ3n) is 5.28. The van der Waals surface area contributed by atoms with Crippen molar-refractivity contribution in [2.24, 2.45) is 7.05 Å². The van der Waals surface area contributed by atoms with E-state index < -0.39 is 0 Å². The zero-order chi connectivity index (χ0) is 23.5. The average molecular weight is 482 g/mol. The lowest BCUT2D eigenvalue weighted by atomic mass is 10.2. The largest absolute Gasteiger partial charge is 0.493 e. The first-order valence-electron chi connectivity index (χ1n) is 10.6. The normalized spacial score (nSPS) is 12.9. The van der Waals surface area contributed by atoms with Crippen LogP contribution in [0.3, 0.4) is 0 Å². The minimum absolute atomic E-state index is 0.452. The number of aromatic nitrogens is 5. The third kappa shape index (κ3) is 4.38. The zero-order valence-corrected chi connectivity index (χ0v) is 19.8. The molecule has 0 aliphatic carbocycles. The van der Waals surface area contributed by atoms with E-state index >= 15 is 0 Å². The zero-order valence-electron chi connectivity index (χ0n) is 19.0. The Bertz CT molecular complexity index is 1300. The van der Waals surface area contributed by atoms with Gasteiger partial charge < -0.3 is 28.0 Å². The standard InChI is InChI=1S/C23H23N5O5S/c1-28-22(15-6-8-17-19(12-15)32-10-4-9-31-17)25-26-23(28)34-13-20-24-21(27-33-20)14-5-7-16(29-2)18(11-14)30-3/h5-8,11-12H,4,9-10,13H2,1-3H3. The molecule has 0 amide bonds. The molecule has 0 bridgehead atoms. The molecule has 176 valence electrons. The minimum Gasteiger partial charge on any atom is -0.493 e. The van der Waals surface area contributed by atoms with Crippen LogP contribution in [0, 0.1) is 0 Å². The van der Waals surface area contributed by atoms with Crippen molar-refractivity contribution >= 4 is 11.8 Å². The van der Waals surface area contributed by atoms with Gasteiger partial charge >= 0.3 is 0 Å². The van der Waals surface area contributed by atoms with Crippen LogP contribution < -0.4 is 18.9 Å². The number of thioether (sulfide) groups is 1. The van der Waals surface area contributed by atoms with Gasteiger partial charge in [0.1, 0.15) is 0 Å². The van der Waals surface area contributed by atoms with Crippen molar-refractivity contribution in [1.29, 1.82) is 0 Å². The minimum atomic E-state index is 0.452. The molecule has 0 atom stereocenters. The van der Waals surface area contributed by atoms with Gasteiger partial charge in [-0.25, -0.2) is 0 Å². The SMILES string of the molecule is COc1ccc(-c2noc(CSc3nnc(-c4ccc5c(c4)OCCCO5)n3C)n2)cc1OC. The molecule has 11 heteroatoms. The Morgan fingerprint density at radius 3 is 2.56 bits per heavy atom. The van der Waals surface area contributed by atoms with Crippen LogP contribution in [0.25, 0.3) is 22.8 Å². The monoisotopic (exact) mass is 481 g/mol. The quantitative estimate of drug-likeness (QED) is 0.360. The summed E-state index contributed by atoms with van der Waals surface area (Å²) in [6, 6.07) is 11.3. The highest BCUT2D eigenvalue weighted by atomic mass is 32.2. The molecular formula is C23H23N5O5S. The summed E-state index contributed by atoms with van der Waals surface area (Å²) in [4.78, 5) is 4.50. The summed E-state index contributed by atoms with van der Waals surface area (Å²) in [6.07, 6.45) is 0.859. The second-order valence-electron chi connectivity index (χ2n) is 7.45. The number of methoxy groups -OCH3 is 2. The van der Waals surface area contributed by atoms with Gasteiger partial charge in [-0.3, -0.25) is 0 Å². The summed E-state index contributed by atoms with van der Waals surface area (Å²) in [5.41, 5.74) is 1.67. The van der Waals surface area contributed by atoms with E-state index in [4.69, 9.17) is 23.5 Å². The number of hydrogen-bond donors (Lipinski definition) is 0. The number of ether oxygens (including phenoxy) is 4. The van der Waals surface area contributed by atoms with Gasteiger partial charge in [0.05, 0.1) is 33.2 Å². The van der Waals surface area contributed by atoms with E-state index in [1.54, 1.807) is 20.3 Å². The van der Waals surface area contributed by atoms with Crippen LogP contribution in [-0.2, 0) is 12.8 Å². The molecule has 0 radical (unpaired) electrons. The maximum absolute atomic E-state index is 5.80. The first kappa shape index (κ1) is 22.1. The molecule has 1 aliphatic heterocycles. The lowest BCUT2D eigenvalue weighted by molar-refractivity contribution is 0.297. The highest BCUT2D eigenvalue weighted by Gasteiger charge is 2.18. The number of rotatable bonds is 7. The molecule has 0 unspecified atom stereocenters. The van der Waals surface area contributed by atoms with Crippen molar-refractivity contribution in [3.05, 3.63) is 42.3 Å². The van der Waals surface area contributed by atoms with Gasteiger partial charge in [-0.2, -0.15) is 4.98 Å². The molecule has 2 aromatic carbocycles. The fraction of sp³-hybridized carbons (Fsp3) is 0.304. The molecule has 0 spiro atoms. The predicted molar refractivity (Wildman–Crippen MR) is 124 cm³/mol. The topological polar surface area (TPSA) is 107 Å². The second kappa shape index (κ2) is 9.64. The van der Waals surface area contributed by atoms with Gasteiger partial charge in [0.2, 0.25) is 11.7 Å². The average Bonchev–Trinajstić information content (AvgIpc) is 3.41. The Kier molecular flexibility index (Phi) is 6.26. The molecule has 5 rings (SSSR count). The summed E-state index contributed by atoms with van der Waals surface area (Å²) in [5.74, 6) is 4.85. The maximum Gasteiger partial charge on any atom is 0.237 e. The number of benzene rings is 2. The Balaban J connectivity index is 1.29. The Labute approximate surface area is 200 Å². The predicted octanol–water partition coefficient (Wildman–Crippen LogP) is 4.00. The Morgan fingerprint density at radius 1 is 0.941 bits per heavy atom. The highest BCUT2D eigenvalue weighted by Crippen LogP contribution is 2.35. The van der Waals surface area contributed by atoms with E-state index in [9.17, 15) is 0 Å². The van der Waals surface area contributed by atoms with Crippen molar-refractivity contribution in [1.82, 2.24) is 24.9 Å². The van der Waals surface area contributed by atoms with Crippen molar-refractivity contribution in [3.8, 4) is 45.8 Å². The highest BCUT2D eigenvalue weighted by molar-refractivity contribution is 7.98. The van der Waals surface area contributed by atoms with Gasteiger partial charge in [0.15, 0.2) is 34.0 Å². The summed E-state index contributed by atoms with van der Waals surface area (Å²) in [6.45, 7) is 1.28. The van der Waals surface area contributed by atoms with Crippen LogP contribution in [0.15, 0.2) is 46.1 Å². The molecule has 2 aromatic heterocycles. The van der Waals surface area contributed by atoms with Crippen LogP contribution in [0.4, 0.5) is 0 Å². The van der Waals surface area contributed by atoms with E-state index in [1.807, 2.05) is 41.9 Å². The summed E-state index contributed by atoms with van der Waals surface area (Å²) < 4.78 is 29.5. The van der Waals surface area contributed by atoms with E-state index in [0.717, 1.165) is 40.0 Å². The van der Waals surface area contributed by atoms with Crippen LogP contribution in [0.1, 0.15) is 12.3 Å². The van der Waals surface area contributed by atoms with Gasteiger partial charge in [0.25, 0.3) is 0 Å². The molecule has 3 heterocycles. The van der Waals surface area contributed by atoms with Crippen LogP contribution in [-0.4, -0.2) is 52.3 Å². The fourth-order valence-corrected chi connectivity index (χ4v) is 4.28. The van der Waals surface area contributed by atoms with Crippen LogP contribution >= 0.6 is 11.8 Å². The summed E-state index contributed by atoms with van der Waals surface area (Å²) >= 11 is 1.46. The maximum atomic E-state index is 5.80. The lowest BCUT2D eigenvalue weighted by Gasteiger charge is -2.09. The molecule has 0 N–H and O–H groups in total. The van der Waals surface area contributed by atoms with Crippen LogP contribution in [0.5, 0.6) is 23.0 Å². The first-order chi connectivity index (χ1) is 16.7. The lowest BCUT2D eigenvalue weighted by Crippen LogP contribution is -1.97. The second-order valence-corrected chi connectivity index (χ2v) is 8.39. The fourth-order valence-electron chi connectivity index (χ4n) is 3.53. The van der Waals surface area contributed by atoms with E-state index in [2.05, 4.69) is 20.3 Å². The molecular weight excluding hydrogens is 458 g/mol. The van der Waals surface area contributed by atoms with Gasteiger partial charge in [-0.15, -0.1) is 10.2 Å². The van der Waals surface area contributed by atoms with Gasteiger partial charge in [0, 0.05) is 24.6 Å². The number of hydrogen-bond acceptors (Lipinski definition) is 10. The van der Waals surface area contributed by atoms with Gasteiger partial charge in [-0.1, -0.05) is 16.9 Å². The van der Waals surface area contributed by atoms with Crippen molar-refractivity contribution in [3.63, 3.8) is 0 Å². The van der Waals surface area contributed by atoms with Crippen molar-refractivity contribution < 1.29 is 23.5 Å². The van der Waals surface area contributed by atoms with E-state index in [-0.39, 0.29) is 0 Å². The molecule has 0 fully saturated rings. The Morgan fingerprint density at radius 2 is 1.74 bits per heavy atom. The van der Waals surface area contributed by atoms with E-state index in [1.165, 1.54) is 11.8 Å².